The van der Waals surface area contributed by atoms with Gasteiger partial charge in [0.15, 0.2) is 5.83 Å². The Balaban J connectivity index is 2.07. The van der Waals surface area contributed by atoms with E-state index in [2.05, 4.69) is 10.1 Å². The van der Waals surface area contributed by atoms with Gasteiger partial charge in [0.05, 0.1) is 21.9 Å². The molecule has 0 saturated carbocycles. The molecule has 0 N–H and O–H groups in total. The van der Waals surface area contributed by atoms with Gasteiger partial charge in [-0.15, -0.1) is 5.10 Å². The van der Waals surface area contributed by atoms with Crippen LogP contribution in [0.5, 0.6) is 0 Å². The number of pyridine rings is 1. The van der Waals surface area contributed by atoms with Gasteiger partial charge in [-0.1, -0.05) is 30.7 Å². The second kappa shape index (κ2) is 11.9. The van der Waals surface area contributed by atoms with Crippen molar-refractivity contribution in [2.24, 2.45) is 12.0 Å². The average Bonchev–Trinajstić information content (AvgIpc) is 3.15. The lowest BCUT2D eigenvalue weighted by atomic mass is 9.95. The number of aryl methyl sites for hydroxylation is 2. The van der Waals surface area contributed by atoms with Crippen LogP contribution in [0, 0.1) is 18.7 Å². The molecule has 3 rings (SSSR count). The molecule has 2 heterocycles. The molecule has 2 aromatic heterocycles. The molecular formula is C26H26ClF3N4O2S. The summed E-state index contributed by atoms with van der Waals surface area (Å²) in [6, 6.07) is 5.72. The maximum atomic E-state index is 15.6. The molecule has 1 aromatic carbocycles. The standard InChI is InChI=1S/C26H26ClF3N4O2S/c1-6-10-31-24(18-8-7-9-21(23(18)29)37(5)36)20(28)14-34-16(3)12-19(22(27)26(34)35)15(2)11-17-13-33(4)32-25(17)30/h6-10,12-15H,11H2,1-5H3/b10-6+,20-14-,31-24+. The normalized spacial score (nSPS) is 14.4. The Hall–Kier alpha value is -3.24. The molecule has 0 spiro atoms. The first kappa shape index (κ1) is 28.3. The second-order valence-corrected chi connectivity index (χ2v) is 10.2. The molecule has 0 amide bonds. The number of aliphatic imine (C=N–C) groups is 1. The zero-order chi connectivity index (χ0) is 27.4. The number of allylic oxidation sites excluding steroid dienone is 2. The molecule has 0 radical (unpaired) electrons. The number of aromatic nitrogens is 3. The van der Waals surface area contributed by atoms with E-state index in [-0.39, 0.29) is 33.5 Å². The van der Waals surface area contributed by atoms with E-state index in [1.165, 1.54) is 41.4 Å². The largest absolute Gasteiger partial charge is 0.284 e. The van der Waals surface area contributed by atoms with Crippen LogP contribution in [-0.2, 0) is 24.3 Å². The molecule has 0 fully saturated rings. The van der Waals surface area contributed by atoms with Crippen LogP contribution in [-0.4, -0.2) is 30.5 Å². The van der Waals surface area contributed by atoms with Crippen molar-refractivity contribution in [1.29, 1.82) is 0 Å². The van der Waals surface area contributed by atoms with Gasteiger partial charge < -0.3 is 0 Å². The Morgan fingerprint density at radius 1 is 1.32 bits per heavy atom. The highest BCUT2D eigenvalue weighted by Gasteiger charge is 2.21. The molecule has 0 saturated heterocycles. The summed E-state index contributed by atoms with van der Waals surface area (Å²) in [5.74, 6) is -2.81. The van der Waals surface area contributed by atoms with Crippen molar-refractivity contribution in [1.82, 2.24) is 14.3 Å². The third-order valence-corrected chi connectivity index (χ3v) is 6.98. The molecule has 0 bridgehead atoms. The predicted octanol–water partition coefficient (Wildman–Crippen LogP) is 5.70. The van der Waals surface area contributed by atoms with Crippen LogP contribution in [0.15, 0.2) is 63.2 Å². The van der Waals surface area contributed by atoms with Gasteiger partial charge in [-0.2, -0.15) is 4.39 Å². The quantitative estimate of drug-likeness (QED) is 0.338. The zero-order valence-corrected chi connectivity index (χ0v) is 22.5. The third-order valence-electron chi connectivity index (χ3n) is 5.66. The van der Waals surface area contributed by atoms with Gasteiger partial charge in [0.25, 0.3) is 5.56 Å². The van der Waals surface area contributed by atoms with Crippen molar-refractivity contribution in [2.45, 2.75) is 38.0 Å². The number of halogens is 4. The van der Waals surface area contributed by atoms with E-state index in [4.69, 9.17) is 11.6 Å². The Morgan fingerprint density at radius 2 is 2.03 bits per heavy atom. The molecule has 0 aliphatic carbocycles. The fourth-order valence-corrected chi connectivity index (χ4v) is 4.82. The first-order valence-electron chi connectivity index (χ1n) is 11.2. The third kappa shape index (κ3) is 6.19. The number of rotatable bonds is 8. The van der Waals surface area contributed by atoms with Crippen LogP contribution in [0.3, 0.4) is 0 Å². The predicted molar refractivity (Wildman–Crippen MR) is 141 cm³/mol. The van der Waals surface area contributed by atoms with Crippen LogP contribution in [0.4, 0.5) is 13.2 Å². The van der Waals surface area contributed by atoms with E-state index in [9.17, 15) is 13.4 Å². The highest BCUT2D eigenvalue weighted by Crippen LogP contribution is 2.27. The lowest BCUT2D eigenvalue weighted by Crippen LogP contribution is -2.22. The van der Waals surface area contributed by atoms with Gasteiger partial charge in [-0.25, -0.2) is 8.78 Å². The number of hydrogen-bond acceptors (Lipinski definition) is 4. The lowest BCUT2D eigenvalue weighted by Gasteiger charge is -2.16. The minimum atomic E-state index is -1.65. The van der Waals surface area contributed by atoms with Crippen LogP contribution in [0.2, 0.25) is 5.02 Å². The molecule has 37 heavy (non-hydrogen) atoms. The van der Waals surface area contributed by atoms with Crippen molar-refractivity contribution in [3.8, 4) is 0 Å². The van der Waals surface area contributed by atoms with Crippen molar-refractivity contribution in [3.63, 3.8) is 0 Å². The van der Waals surface area contributed by atoms with Gasteiger partial charge in [-0.05, 0) is 49.9 Å². The maximum Gasteiger partial charge on any atom is 0.273 e. The van der Waals surface area contributed by atoms with Crippen molar-refractivity contribution >= 4 is 34.3 Å². The van der Waals surface area contributed by atoms with Gasteiger partial charge in [0, 0.05) is 42.5 Å². The topological polar surface area (TPSA) is 69.2 Å². The summed E-state index contributed by atoms with van der Waals surface area (Å²) >= 11 is 6.39. The molecule has 11 heteroatoms. The SMILES string of the molecule is C/C=C/N=C(/C(F)=C/n1c(C)cc(C(C)Cc2cn(C)nc2F)c(Cl)c1=O)c1cccc(S(C)=O)c1F. The Bertz CT molecular complexity index is 1510. The maximum absolute atomic E-state index is 15.6. The molecule has 2 unspecified atom stereocenters. The van der Waals surface area contributed by atoms with Crippen LogP contribution in [0.1, 0.15) is 42.1 Å². The number of benzene rings is 1. The Morgan fingerprint density at radius 3 is 2.62 bits per heavy atom. The summed E-state index contributed by atoms with van der Waals surface area (Å²) in [5.41, 5.74) is -0.0766. The van der Waals surface area contributed by atoms with Gasteiger partial charge in [0.2, 0.25) is 5.95 Å². The van der Waals surface area contributed by atoms with Crippen molar-refractivity contribution in [3.05, 3.63) is 98.1 Å². The average molecular weight is 551 g/mol. The molecule has 0 aliphatic rings. The van der Waals surface area contributed by atoms with E-state index in [0.717, 1.165) is 10.8 Å². The van der Waals surface area contributed by atoms with Crippen molar-refractivity contribution in [2.75, 3.05) is 6.26 Å². The smallest absolute Gasteiger partial charge is 0.273 e. The summed E-state index contributed by atoms with van der Waals surface area (Å²) in [4.78, 5) is 17.0. The van der Waals surface area contributed by atoms with Crippen LogP contribution < -0.4 is 5.56 Å². The molecule has 0 aliphatic heterocycles. The summed E-state index contributed by atoms with van der Waals surface area (Å²) in [6.45, 7) is 5.04. The Labute approximate surface area is 220 Å². The number of nitrogens with zero attached hydrogens (tertiary/aromatic N) is 4. The first-order valence-corrected chi connectivity index (χ1v) is 13.2. The molecule has 3 aromatic rings. The Kier molecular flexibility index (Phi) is 9.09. The van der Waals surface area contributed by atoms with E-state index in [0.29, 0.717) is 16.8 Å². The minimum absolute atomic E-state index is 0.0988. The zero-order valence-electron chi connectivity index (χ0n) is 20.9. The minimum Gasteiger partial charge on any atom is -0.284 e. The molecule has 196 valence electrons. The molecule has 2 atom stereocenters. The van der Waals surface area contributed by atoms with E-state index >= 15 is 8.78 Å². The van der Waals surface area contributed by atoms with Gasteiger partial charge in [-0.3, -0.25) is 23.2 Å². The molecule has 6 nitrogen and oxygen atoms in total. The van der Waals surface area contributed by atoms with E-state index in [1.54, 1.807) is 40.1 Å². The lowest BCUT2D eigenvalue weighted by molar-refractivity contribution is 0.540. The summed E-state index contributed by atoms with van der Waals surface area (Å²) in [7, 11) is -0.0431. The second-order valence-electron chi connectivity index (χ2n) is 8.46. The van der Waals surface area contributed by atoms with Crippen molar-refractivity contribution < 1.29 is 17.4 Å². The monoisotopic (exact) mass is 550 g/mol. The number of hydrogen-bond donors (Lipinski definition) is 0. The van der Waals surface area contributed by atoms with E-state index < -0.39 is 34.0 Å². The summed E-state index contributed by atoms with van der Waals surface area (Å²) in [5, 5.41) is 3.54. The molecular weight excluding hydrogens is 525 g/mol. The highest BCUT2D eigenvalue weighted by atomic mass is 35.5. The van der Waals surface area contributed by atoms with Crippen LogP contribution in [0.25, 0.3) is 6.20 Å². The van der Waals surface area contributed by atoms with Gasteiger partial charge in [0.1, 0.15) is 16.6 Å². The van der Waals surface area contributed by atoms with E-state index in [1.807, 2.05) is 0 Å². The van der Waals surface area contributed by atoms with Gasteiger partial charge >= 0.3 is 0 Å². The highest BCUT2D eigenvalue weighted by molar-refractivity contribution is 7.84. The fourth-order valence-electron chi connectivity index (χ4n) is 3.85. The first-order chi connectivity index (χ1) is 17.5. The van der Waals surface area contributed by atoms with Crippen LogP contribution >= 0.6 is 11.6 Å². The summed E-state index contributed by atoms with van der Waals surface area (Å²) < 4.78 is 58.9. The summed E-state index contributed by atoms with van der Waals surface area (Å²) in [6.07, 6.45) is 6.82. The fraction of sp³-hybridized carbons (Fsp3) is 0.269.